The molecule has 6 atom stereocenters. The summed E-state index contributed by atoms with van der Waals surface area (Å²) in [5, 5.41) is 12.3. The van der Waals surface area contributed by atoms with Crippen LogP contribution in [-0.2, 0) is 25.7 Å². The number of ether oxygens (including phenoxy) is 2. The topological polar surface area (TPSA) is 113 Å². The number of carbonyl (C=O) groups excluding carboxylic acids is 4. The highest BCUT2D eigenvalue weighted by Crippen LogP contribution is 2.67. The van der Waals surface area contributed by atoms with E-state index in [1.165, 1.54) is 54.7 Å². The number of alkyl halides is 2. The van der Waals surface area contributed by atoms with E-state index in [9.17, 15) is 28.7 Å². The van der Waals surface area contributed by atoms with Crippen LogP contribution in [0.3, 0.4) is 0 Å². The average molecular weight is 686 g/mol. The van der Waals surface area contributed by atoms with E-state index in [0.29, 0.717) is 5.57 Å². The molecular formula is C33H27Cl2FN2O7S. The van der Waals surface area contributed by atoms with Crippen molar-refractivity contribution >= 4 is 63.9 Å². The van der Waals surface area contributed by atoms with Gasteiger partial charge < -0.3 is 14.6 Å². The predicted octanol–water partition coefficient (Wildman–Crippen LogP) is 5.37. The van der Waals surface area contributed by atoms with Crippen LogP contribution in [0.5, 0.6) is 17.2 Å². The largest absolute Gasteiger partial charge is 0.508 e. The number of hydrogen-bond acceptors (Lipinski definition) is 8. The molecule has 1 N–H and O–H groups in total. The minimum absolute atomic E-state index is 0.0679. The Morgan fingerprint density at radius 3 is 2.26 bits per heavy atom. The molecule has 1 aromatic heterocycles. The number of imide groups is 2. The predicted molar refractivity (Wildman–Crippen MR) is 168 cm³/mol. The van der Waals surface area contributed by atoms with Crippen LogP contribution in [0, 0.1) is 23.6 Å². The van der Waals surface area contributed by atoms with E-state index in [-0.39, 0.29) is 53.8 Å². The SMILES string of the molecule is COc1cc(O)cc(OC)c1C1C2=CCC3C(=O)N(Cc4cccs4)C(=O)C3C2CC2(Cl)C(=O)N(c3ccc(F)cc3)C(=O)C12Cl. The molecular weight excluding hydrogens is 658 g/mol. The first-order valence-corrected chi connectivity index (χ1v) is 16.1. The molecule has 2 aliphatic heterocycles. The zero-order valence-electron chi connectivity index (χ0n) is 24.5. The summed E-state index contributed by atoms with van der Waals surface area (Å²) in [6.07, 6.45) is 1.77. The van der Waals surface area contributed by atoms with Crippen LogP contribution in [-0.4, -0.2) is 57.6 Å². The van der Waals surface area contributed by atoms with Gasteiger partial charge in [0.05, 0.1) is 38.3 Å². The van der Waals surface area contributed by atoms with Gasteiger partial charge in [-0.3, -0.25) is 24.1 Å². The number of anilines is 1. The van der Waals surface area contributed by atoms with E-state index in [2.05, 4.69) is 0 Å². The number of benzene rings is 2. The molecule has 3 heterocycles. The number of phenols is 1. The Bertz CT molecular complexity index is 1810. The first-order chi connectivity index (χ1) is 22.0. The highest BCUT2D eigenvalue weighted by atomic mass is 35.5. The van der Waals surface area contributed by atoms with Crippen molar-refractivity contribution in [3.63, 3.8) is 0 Å². The molecule has 3 fully saturated rings. The third-order valence-electron chi connectivity index (χ3n) is 9.70. The molecule has 7 rings (SSSR count). The van der Waals surface area contributed by atoms with Gasteiger partial charge in [-0.1, -0.05) is 17.7 Å². The van der Waals surface area contributed by atoms with Gasteiger partial charge in [0.1, 0.15) is 23.1 Å². The Labute approximate surface area is 277 Å². The monoisotopic (exact) mass is 684 g/mol. The Morgan fingerprint density at radius 1 is 0.978 bits per heavy atom. The summed E-state index contributed by atoms with van der Waals surface area (Å²) in [5.74, 6) is -6.48. The van der Waals surface area contributed by atoms with Crippen LogP contribution < -0.4 is 14.4 Å². The van der Waals surface area contributed by atoms with E-state index in [1.54, 1.807) is 6.08 Å². The second kappa shape index (κ2) is 10.8. The van der Waals surface area contributed by atoms with Crippen molar-refractivity contribution in [2.75, 3.05) is 19.1 Å². The number of amides is 4. The van der Waals surface area contributed by atoms with Crippen molar-refractivity contribution in [2.24, 2.45) is 17.8 Å². The van der Waals surface area contributed by atoms with Crippen molar-refractivity contribution in [1.29, 1.82) is 0 Å². The molecule has 6 unspecified atom stereocenters. The van der Waals surface area contributed by atoms with Crippen molar-refractivity contribution in [3.05, 3.63) is 81.8 Å². The quantitative estimate of drug-likeness (QED) is 0.211. The number of fused-ring (bicyclic) bond motifs is 4. The molecule has 1 saturated carbocycles. The lowest BCUT2D eigenvalue weighted by atomic mass is 9.56. The molecule has 238 valence electrons. The van der Waals surface area contributed by atoms with Gasteiger partial charge in [0.15, 0.2) is 9.75 Å². The molecule has 0 spiro atoms. The van der Waals surface area contributed by atoms with Crippen molar-refractivity contribution in [3.8, 4) is 17.2 Å². The first kappa shape index (κ1) is 30.7. The lowest BCUT2D eigenvalue weighted by Gasteiger charge is -2.51. The van der Waals surface area contributed by atoms with Gasteiger partial charge in [-0.2, -0.15) is 0 Å². The van der Waals surface area contributed by atoms with Gasteiger partial charge in [-0.15, -0.1) is 34.5 Å². The summed E-state index contributed by atoms with van der Waals surface area (Å²) < 4.78 is 25.2. The molecule has 4 amide bonds. The van der Waals surface area contributed by atoms with Crippen LogP contribution in [0.25, 0.3) is 0 Å². The Balaban J connectivity index is 1.43. The van der Waals surface area contributed by atoms with Crippen molar-refractivity contribution < 1.29 is 38.1 Å². The maximum Gasteiger partial charge on any atom is 0.258 e. The highest BCUT2D eigenvalue weighted by Gasteiger charge is 2.77. The average Bonchev–Trinajstić information content (AvgIpc) is 3.68. The van der Waals surface area contributed by atoms with Crippen LogP contribution in [0.1, 0.15) is 29.2 Å². The van der Waals surface area contributed by atoms with Gasteiger partial charge in [-0.25, -0.2) is 9.29 Å². The van der Waals surface area contributed by atoms with E-state index >= 15 is 0 Å². The van der Waals surface area contributed by atoms with Crippen LogP contribution >= 0.6 is 34.5 Å². The van der Waals surface area contributed by atoms with Crippen LogP contribution in [0.4, 0.5) is 10.1 Å². The number of aromatic hydroxyl groups is 1. The lowest BCUT2D eigenvalue weighted by Crippen LogP contribution is -2.60. The Hall–Kier alpha value is -3.93. The summed E-state index contributed by atoms with van der Waals surface area (Å²) >= 11 is 16.3. The number of hydrogen-bond donors (Lipinski definition) is 1. The number of nitrogens with zero attached hydrogens (tertiary/aromatic N) is 2. The molecule has 0 bridgehead atoms. The van der Waals surface area contributed by atoms with Gasteiger partial charge in [0.2, 0.25) is 11.8 Å². The fourth-order valence-corrected chi connectivity index (χ4v) is 9.32. The van der Waals surface area contributed by atoms with Gasteiger partial charge in [-0.05, 0) is 54.5 Å². The minimum Gasteiger partial charge on any atom is -0.508 e. The smallest absolute Gasteiger partial charge is 0.258 e. The second-order valence-electron chi connectivity index (χ2n) is 11.9. The standard InChI is InChI=1S/C33H27Cl2FN2O7S/c1-44-23-12-18(39)13-24(45-2)26(23)27-20-9-10-21-25(29(41)37(28(21)40)15-19-4-3-11-46-19)22(20)14-32(34)30(42)38(31(43)33(27,32)35)17-7-5-16(36)6-8-17/h3-9,11-13,21-22,25,27,39H,10,14-15H2,1-2H3. The van der Waals surface area contributed by atoms with Crippen molar-refractivity contribution in [2.45, 2.75) is 35.1 Å². The number of phenolic OH excluding ortho intramolecular Hbond substituents is 1. The first-order valence-electron chi connectivity index (χ1n) is 14.5. The third kappa shape index (κ3) is 4.10. The van der Waals surface area contributed by atoms with E-state index < -0.39 is 57.0 Å². The molecule has 0 radical (unpaired) electrons. The maximum atomic E-state index is 14.6. The Morgan fingerprint density at radius 2 is 1.65 bits per heavy atom. The number of allylic oxidation sites excluding steroid dienone is 2. The molecule has 2 saturated heterocycles. The van der Waals surface area contributed by atoms with Gasteiger partial charge in [0, 0.05) is 28.5 Å². The van der Waals surface area contributed by atoms with Gasteiger partial charge in [0.25, 0.3) is 11.8 Å². The minimum atomic E-state index is -2.19. The molecule has 2 aliphatic carbocycles. The normalized spacial score (nSPS) is 30.2. The van der Waals surface area contributed by atoms with E-state index in [4.69, 9.17) is 32.7 Å². The number of rotatable bonds is 6. The molecule has 4 aliphatic rings. The molecule has 3 aromatic rings. The fraction of sp³-hybridized carbons (Fsp3) is 0.333. The van der Waals surface area contributed by atoms with Crippen LogP contribution in [0.15, 0.2) is 65.6 Å². The number of methoxy groups -OCH3 is 2. The van der Waals surface area contributed by atoms with Gasteiger partial charge >= 0.3 is 0 Å². The summed E-state index contributed by atoms with van der Waals surface area (Å²) in [7, 11) is 2.73. The zero-order chi connectivity index (χ0) is 32.7. The summed E-state index contributed by atoms with van der Waals surface area (Å²) in [6, 6.07) is 11.1. The molecule has 2 aromatic carbocycles. The number of halogens is 3. The number of carbonyl (C=O) groups is 4. The molecule has 9 nitrogen and oxygen atoms in total. The summed E-state index contributed by atoms with van der Waals surface area (Å²) in [4.78, 5) is 55.4. The fourth-order valence-electron chi connectivity index (χ4n) is 7.70. The number of likely N-dealkylation sites (tertiary alicyclic amines) is 1. The van der Waals surface area contributed by atoms with E-state index in [0.717, 1.165) is 21.9 Å². The maximum absolute atomic E-state index is 14.6. The zero-order valence-corrected chi connectivity index (χ0v) is 26.9. The molecule has 13 heteroatoms. The van der Waals surface area contributed by atoms with Crippen molar-refractivity contribution in [1.82, 2.24) is 4.90 Å². The van der Waals surface area contributed by atoms with Crippen LogP contribution in [0.2, 0.25) is 0 Å². The summed E-state index contributed by atoms with van der Waals surface area (Å²) in [5.41, 5.74) is 0.848. The summed E-state index contributed by atoms with van der Waals surface area (Å²) in [6.45, 7) is 0.120. The highest BCUT2D eigenvalue weighted by molar-refractivity contribution is 7.09. The third-order valence-corrected chi connectivity index (χ3v) is 12.0. The van der Waals surface area contributed by atoms with E-state index in [1.807, 2.05) is 17.5 Å². The second-order valence-corrected chi connectivity index (χ2v) is 14.1. The Kier molecular flexibility index (Phi) is 7.22. The lowest BCUT2D eigenvalue weighted by molar-refractivity contribution is -0.141. The number of thiophene rings is 1. The molecule has 46 heavy (non-hydrogen) atoms.